The molecule has 0 amide bonds. The molecule has 0 radical (unpaired) electrons. The summed E-state index contributed by atoms with van der Waals surface area (Å²) < 4.78 is 0. The van der Waals surface area contributed by atoms with Gasteiger partial charge in [-0.15, -0.1) is 0 Å². The van der Waals surface area contributed by atoms with E-state index in [1.165, 1.54) is 36.1 Å². The van der Waals surface area contributed by atoms with Gasteiger partial charge in [0.2, 0.25) is 0 Å². The highest BCUT2D eigenvalue weighted by Gasteiger charge is 2.13. The Morgan fingerprint density at radius 3 is 2.79 bits per heavy atom. The first-order chi connectivity index (χ1) is 9.24. The Morgan fingerprint density at radius 1 is 1.11 bits per heavy atom. The van der Waals surface area contributed by atoms with E-state index in [4.69, 9.17) is 5.73 Å². The first kappa shape index (κ1) is 12.0. The number of anilines is 3. The first-order valence-corrected chi connectivity index (χ1v) is 6.85. The van der Waals surface area contributed by atoms with E-state index < -0.39 is 0 Å². The van der Waals surface area contributed by atoms with Gasteiger partial charge < -0.3 is 11.1 Å². The average Bonchev–Trinajstić information content (AvgIpc) is 2.43. The second-order valence-electron chi connectivity index (χ2n) is 5.15. The van der Waals surface area contributed by atoms with Gasteiger partial charge in [0, 0.05) is 5.69 Å². The molecule has 1 aliphatic rings. The number of benzene rings is 1. The highest BCUT2D eigenvalue weighted by atomic mass is 15.0. The second-order valence-corrected chi connectivity index (χ2v) is 5.15. The molecule has 19 heavy (non-hydrogen) atoms. The van der Waals surface area contributed by atoms with E-state index in [-0.39, 0.29) is 0 Å². The van der Waals surface area contributed by atoms with Crippen LogP contribution in [-0.2, 0) is 12.8 Å². The van der Waals surface area contributed by atoms with Crippen molar-refractivity contribution in [1.29, 1.82) is 0 Å². The Hall–Kier alpha value is -2.03. The number of hydrogen-bond donors (Lipinski definition) is 2. The lowest BCUT2D eigenvalue weighted by Crippen LogP contribution is -2.07. The SMILES string of the molecule is Cc1nc(Nc2cccc3c2CCCC3)ccc1N. The van der Waals surface area contributed by atoms with E-state index in [0.29, 0.717) is 0 Å². The normalized spacial score (nSPS) is 13.9. The van der Waals surface area contributed by atoms with Crippen molar-refractivity contribution in [3.8, 4) is 0 Å². The third-order valence-corrected chi connectivity index (χ3v) is 3.79. The molecule has 0 saturated heterocycles. The van der Waals surface area contributed by atoms with Crippen molar-refractivity contribution < 1.29 is 0 Å². The summed E-state index contributed by atoms with van der Waals surface area (Å²) in [5.41, 5.74) is 11.5. The standard InChI is InChI=1S/C16H19N3/c1-11-14(17)9-10-16(18-11)19-15-8-4-6-12-5-2-3-7-13(12)15/h4,6,8-10H,2-3,5,7,17H2,1H3,(H,18,19). The molecule has 0 fully saturated rings. The molecule has 3 heteroatoms. The van der Waals surface area contributed by atoms with Crippen molar-refractivity contribution in [2.45, 2.75) is 32.6 Å². The van der Waals surface area contributed by atoms with E-state index in [9.17, 15) is 0 Å². The maximum Gasteiger partial charge on any atom is 0.130 e. The molecule has 98 valence electrons. The zero-order valence-corrected chi connectivity index (χ0v) is 11.2. The third kappa shape index (κ3) is 2.41. The van der Waals surface area contributed by atoms with E-state index in [2.05, 4.69) is 28.5 Å². The van der Waals surface area contributed by atoms with Crippen LogP contribution in [0.4, 0.5) is 17.2 Å². The van der Waals surface area contributed by atoms with Crippen molar-refractivity contribution in [3.05, 3.63) is 47.2 Å². The number of nitrogens with one attached hydrogen (secondary N) is 1. The van der Waals surface area contributed by atoms with Crippen molar-refractivity contribution in [2.75, 3.05) is 11.1 Å². The van der Waals surface area contributed by atoms with Crippen LogP contribution >= 0.6 is 0 Å². The number of aromatic nitrogens is 1. The molecule has 1 aromatic heterocycles. The Kier molecular flexibility index (Phi) is 3.11. The van der Waals surface area contributed by atoms with Crippen molar-refractivity contribution in [3.63, 3.8) is 0 Å². The van der Waals surface area contributed by atoms with Gasteiger partial charge in [-0.05, 0) is 61.9 Å². The smallest absolute Gasteiger partial charge is 0.130 e. The van der Waals surface area contributed by atoms with Crippen molar-refractivity contribution in [2.24, 2.45) is 0 Å². The molecule has 1 aromatic carbocycles. The number of pyridine rings is 1. The number of rotatable bonds is 2. The molecule has 0 saturated carbocycles. The minimum absolute atomic E-state index is 0.737. The number of nitrogens with zero attached hydrogens (tertiary/aromatic N) is 1. The van der Waals surface area contributed by atoms with Gasteiger partial charge in [-0.3, -0.25) is 0 Å². The highest BCUT2D eigenvalue weighted by Crippen LogP contribution is 2.29. The maximum atomic E-state index is 5.80. The maximum absolute atomic E-state index is 5.80. The zero-order chi connectivity index (χ0) is 13.2. The third-order valence-electron chi connectivity index (χ3n) is 3.79. The molecule has 2 aromatic rings. The lowest BCUT2D eigenvalue weighted by Gasteiger charge is -2.20. The molecule has 0 atom stereocenters. The predicted molar refractivity (Wildman–Crippen MR) is 79.8 cm³/mol. The number of nitrogens with two attached hydrogens (primary N) is 1. The molecule has 0 spiro atoms. The number of hydrogen-bond acceptors (Lipinski definition) is 3. The minimum Gasteiger partial charge on any atom is -0.397 e. The van der Waals surface area contributed by atoms with Crippen LogP contribution in [0.1, 0.15) is 29.7 Å². The Balaban J connectivity index is 1.92. The summed E-state index contributed by atoms with van der Waals surface area (Å²) >= 11 is 0. The van der Waals surface area contributed by atoms with Gasteiger partial charge in [-0.25, -0.2) is 4.98 Å². The first-order valence-electron chi connectivity index (χ1n) is 6.85. The summed E-state index contributed by atoms with van der Waals surface area (Å²) in [7, 11) is 0. The Bertz CT molecular complexity index is 605. The summed E-state index contributed by atoms with van der Waals surface area (Å²) in [6.45, 7) is 1.93. The van der Waals surface area contributed by atoms with Gasteiger partial charge in [-0.2, -0.15) is 0 Å². The highest BCUT2D eigenvalue weighted by molar-refractivity contribution is 5.64. The summed E-state index contributed by atoms with van der Waals surface area (Å²) in [5, 5.41) is 3.43. The second kappa shape index (κ2) is 4.92. The molecular weight excluding hydrogens is 234 g/mol. The Morgan fingerprint density at radius 2 is 1.95 bits per heavy atom. The van der Waals surface area contributed by atoms with Gasteiger partial charge in [0.15, 0.2) is 0 Å². The van der Waals surface area contributed by atoms with E-state index in [1.54, 1.807) is 0 Å². The van der Waals surface area contributed by atoms with Crippen LogP contribution in [0, 0.1) is 6.92 Å². The van der Waals surface area contributed by atoms with Crippen LogP contribution in [0.15, 0.2) is 30.3 Å². The summed E-state index contributed by atoms with van der Waals surface area (Å²) in [6.07, 6.45) is 4.93. The molecule has 0 bridgehead atoms. The Labute approximate surface area is 113 Å². The molecule has 3 rings (SSSR count). The van der Waals surface area contributed by atoms with Crippen LogP contribution < -0.4 is 11.1 Å². The van der Waals surface area contributed by atoms with E-state index in [0.717, 1.165) is 23.6 Å². The van der Waals surface area contributed by atoms with Gasteiger partial charge in [-0.1, -0.05) is 12.1 Å². The van der Waals surface area contributed by atoms with Crippen molar-refractivity contribution >= 4 is 17.2 Å². The topological polar surface area (TPSA) is 50.9 Å². The summed E-state index contributed by atoms with van der Waals surface area (Å²) in [6, 6.07) is 10.3. The fraction of sp³-hybridized carbons (Fsp3) is 0.312. The number of aryl methyl sites for hydroxylation is 2. The minimum atomic E-state index is 0.737. The number of nitrogen functional groups attached to an aromatic ring is 1. The van der Waals surface area contributed by atoms with Gasteiger partial charge in [0.05, 0.1) is 11.4 Å². The summed E-state index contributed by atoms with van der Waals surface area (Å²) in [4.78, 5) is 4.48. The lowest BCUT2D eigenvalue weighted by molar-refractivity contribution is 0.687. The van der Waals surface area contributed by atoms with Crippen LogP contribution in [0.25, 0.3) is 0 Å². The largest absolute Gasteiger partial charge is 0.397 e. The lowest BCUT2D eigenvalue weighted by atomic mass is 9.90. The number of fused-ring (bicyclic) bond motifs is 1. The van der Waals surface area contributed by atoms with Crippen LogP contribution in [0.2, 0.25) is 0 Å². The van der Waals surface area contributed by atoms with Gasteiger partial charge in [0.25, 0.3) is 0 Å². The fourth-order valence-electron chi connectivity index (χ4n) is 2.68. The molecule has 0 unspecified atom stereocenters. The monoisotopic (exact) mass is 253 g/mol. The molecule has 0 aliphatic heterocycles. The van der Waals surface area contributed by atoms with Crippen LogP contribution in [0.5, 0.6) is 0 Å². The molecule has 1 aliphatic carbocycles. The fourth-order valence-corrected chi connectivity index (χ4v) is 2.68. The molecule has 1 heterocycles. The van der Waals surface area contributed by atoms with Crippen LogP contribution in [-0.4, -0.2) is 4.98 Å². The van der Waals surface area contributed by atoms with Crippen molar-refractivity contribution in [1.82, 2.24) is 4.98 Å². The van der Waals surface area contributed by atoms with Gasteiger partial charge in [0.1, 0.15) is 5.82 Å². The van der Waals surface area contributed by atoms with E-state index >= 15 is 0 Å². The molecular formula is C16H19N3. The average molecular weight is 253 g/mol. The molecule has 3 N–H and O–H groups in total. The quantitative estimate of drug-likeness (QED) is 0.859. The van der Waals surface area contributed by atoms with Crippen LogP contribution in [0.3, 0.4) is 0 Å². The van der Waals surface area contributed by atoms with E-state index in [1.807, 2.05) is 19.1 Å². The zero-order valence-electron chi connectivity index (χ0n) is 11.2. The predicted octanol–water partition coefficient (Wildman–Crippen LogP) is 3.59. The van der Waals surface area contributed by atoms with Gasteiger partial charge >= 0.3 is 0 Å². The molecule has 3 nitrogen and oxygen atoms in total. The summed E-state index contributed by atoms with van der Waals surface area (Å²) in [5.74, 6) is 0.866.